The Morgan fingerprint density at radius 3 is 2.48 bits per heavy atom. The minimum absolute atomic E-state index is 0.260. The van der Waals surface area contributed by atoms with E-state index in [2.05, 4.69) is 17.1 Å². The van der Waals surface area contributed by atoms with Gasteiger partial charge >= 0.3 is 6.03 Å². The van der Waals surface area contributed by atoms with Gasteiger partial charge in [-0.05, 0) is 50.0 Å². The van der Waals surface area contributed by atoms with E-state index in [0.29, 0.717) is 31.7 Å². The van der Waals surface area contributed by atoms with E-state index < -0.39 is 11.4 Å². The van der Waals surface area contributed by atoms with Crippen LogP contribution in [0.3, 0.4) is 0 Å². The maximum Gasteiger partial charge on any atom is 0.328 e. The molecule has 4 amide bonds. The maximum atomic E-state index is 13.4. The van der Waals surface area contributed by atoms with Crippen molar-refractivity contribution < 1.29 is 14.4 Å². The third kappa shape index (κ3) is 4.51. The van der Waals surface area contributed by atoms with Crippen LogP contribution in [0.4, 0.5) is 4.79 Å². The number of imide groups is 1. The molecule has 7 heteroatoms. The molecule has 1 atom stereocenters. The third-order valence-corrected chi connectivity index (χ3v) is 6.98. The van der Waals surface area contributed by atoms with Crippen LogP contribution >= 0.6 is 0 Å². The largest absolute Gasteiger partial charge is 0.368 e. The molecule has 0 aromatic heterocycles. The standard InChI is InChI=1S/C24H32N4O3/c25-21(29)18-27-22(30)24(28(23(27)31)14-11-19-7-3-1-4-8-19)12-15-26(16-13-24)17-20-9-5-2-6-10-20/h1-5,7-8,20H,6,9-18H2,(H2,25,29)/t20-/m1/s1. The maximum absolute atomic E-state index is 13.4. The van der Waals surface area contributed by atoms with Crippen molar-refractivity contribution in [3.05, 3.63) is 48.0 Å². The zero-order chi connectivity index (χ0) is 21.8. The molecule has 166 valence electrons. The van der Waals surface area contributed by atoms with Crippen LogP contribution < -0.4 is 5.73 Å². The molecule has 31 heavy (non-hydrogen) atoms. The first-order valence-corrected chi connectivity index (χ1v) is 11.3. The van der Waals surface area contributed by atoms with Gasteiger partial charge in [-0.15, -0.1) is 0 Å². The second-order valence-corrected chi connectivity index (χ2v) is 9.01. The Kier molecular flexibility index (Phi) is 6.41. The lowest BCUT2D eigenvalue weighted by molar-refractivity contribution is -0.137. The molecule has 2 N–H and O–H groups in total. The topological polar surface area (TPSA) is 86.9 Å². The molecule has 0 bridgehead atoms. The predicted molar refractivity (Wildman–Crippen MR) is 118 cm³/mol. The molecule has 2 fully saturated rings. The van der Waals surface area contributed by atoms with Crippen molar-refractivity contribution in [1.82, 2.24) is 14.7 Å². The lowest BCUT2D eigenvalue weighted by Gasteiger charge is -2.43. The summed E-state index contributed by atoms with van der Waals surface area (Å²) in [6, 6.07) is 9.57. The van der Waals surface area contributed by atoms with E-state index in [0.717, 1.165) is 42.9 Å². The third-order valence-electron chi connectivity index (χ3n) is 6.98. The first-order valence-electron chi connectivity index (χ1n) is 11.3. The zero-order valence-corrected chi connectivity index (χ0v) is 18.0. The summed E-state index contributed by atoms with van der Waals surface area (Å²) in [6.45, 7) is 2.71. The highest BCUT2D eigenvalue weighted by Crippen LogP contribution is 2.38. The molecule has 7 nitrogen and oxygen atoms in total. The van der Waals surface area contributed by atoms with E-state index in [-0.39, 0.29) is 18.5 Å². The first-order chi connectivity index (χ1) is 15.0. The Morgan fingerprint density at radius 2 is 1.84 bits per heavy atom. The highest BCUT2D eigenvalue weighted by atomic mass is 16.2. The Balaban J connectivity index is 1.48. The monoisotopic (exact) mass is 424 g/mol. The second-order valence-electron chi connectivity index (χ2n) is 9.01. The highest BCUT2D eigenvalue weighted by Gasteiger charge is 2.57. The summed E-state index contributed by atoms with van der Waals surface area (Å²) in [5.41, 5.74) is 5.60. The minimum Gasteiger partial charge on any atom is -0.368 e. The van der Waals surface area contributed by atoms with Crippen molar-refractivity contribution in [2.75, 3.05) is 32.7 Å². The predicted octanol–water partition coefficient (Wildman–Crippen LogP) is 2.17. The number of benzene rings is 1. The van der Waals surface area contributed by atoms with Gasteiger partial charge in [0.25, 0.3) is 5.91 Å². The van der Waals surface area contributed by atoms with Gasteiger partial charge in [0.05, 0.1) is 0 Å². The number of hydrogen-bond donors (Lipinski definition) is 1. The van der Waals surface area contributed by atoms with E-state index in [1.54, 1.807) is 4.90 Å². The summed E-state index contributed by atoms with van der Waals surface area (Å²) in [4.78, 5) is 43.3. The van der Waals surface area contributed by atoms with Crippen molar-refractivity contribution in [2.24, 2.45) is 11.7 Å². The number of amides is 4. The van der Waals surface area contributed by atoms with Crippen LogP contribution in [0.15, 0.2) is 42.5 Å². The Hall–Kier alpha value is -2.67. The van der Waals surface area contributed by atoms with E-state index in [4.69, 9.17) is 5.73 Å². The average molecular weight is 425 g/mol. The highest BCUT2D eigenvalue weighted by molar-refractivity contribution is 6.09. The smallest absolute Gasteiger partial charge is 0.328 e. The van der Waals surface area contributed by atoms with E-state index in [1.165, 1.54) is 6.42 Å². The average Bonchev–Trinajstić information content (AvgIpc) is 2.96. The van der Waals surface area contributed by atoms with Gasteiger partial charge in [0, 0.05) is 26.2 Å². The normalized spacial score (nSPS) is 23.7. The molecule has 1 aromatic rings. The van der Waals surface area contributed by atoms with Crippen LogP contribution in [0.1, 0.15) is 37.7 Å². The van der Waals surface area contributed by atoms with Crippen LogP contribution in [0.2, 0.25) is 0 Å². The van der Waals surface area contributed by atoms with E-state index >= 15 is 0 Å². The summed E-state index contributed by atoms with van der Waals surface area (Å²) >= 11 is 0. The first kappa shape index (κ1) is 21.6. The van der Waals surface area contributed by atoms with Gasteiger partial charge in [-0.3, -0.25) is 14.5 Å². The number of carbonyl (C=O) groups excluding carboxylic acids is 3. The van der Waals surface area contributed by atoms with Crippen molar-refractivity contribution in [3.63, 3.8) is 0 Å². The Bertz CT molecular complexity index is 846. The number of hydrogen-bond acceptors (Lipinski definition) is 4. The molecule has 2 aliphatic heterocycles. The molecule has 1 aromatic carbocycles. The fourth-order valence-electron chi connectivity index (χ4n) is 5.25. The van der Waals surface area contributed by atoms with Crippen molar-refractivity contribution in [1.29, 1.82) is 0 Å². The van der Waals surface area contributed by atoms with Crippen molar-refractivity contribution >= 4 is 17.8 Å². The summed E-state index contributed by atoms with van der Waals surface area (Å²) < 4.78 is 0. The molecule has 2 heterocycles. The summed E-state index contributed by atoms with van der Waals surface area (Å²) in [5, 5.41) is 0. The van der Waals surface area contributed by atoms with Crippen LogP contribution in [-0.4, -0.2) is 70.8 Å². The molecule has 0 saturated carbocycles. The van der Waals surface area contributed by atoms with Crippen molar-refractivity contribution in [2.45, 2.75) is 44.1 Å². The number of piperidine rings is 1. The summed E-state index contributed by atoms with van der Waals surface area (Å²) in [7, 11) is 0. The van der Waals surface area contributed by atoms with Crippen LogP contribution in [0.25, 0.3) is 0 Å². The molecule has 0 unspecified atom stereocenters. The number of likely N-dealkylation sites (tertiary alicyclic amines) is 1. The van der Waals surface area contributed by atoms with Gasteiger partial charge in [-0.2, -0.15) is 0 Å². The van der Waals surface area contributed by atoms with Crippen molar-refractivity contribution in [3.8, 4) is 0 Å². The molecule has 0 radical (unpaired) electrons. The van der Waals surface area contributed by atoms with Crippen LogP contribution in [0, 0.1) is 5.92 Å². The quantitative estimate of drug-likeness (QED) is 0.537. The molecule has 1 spiro atoms. The number of primary amides is 1. The van der Waals surface area contributed by atoms with E-state index in [9.17, 15) is 14.4 Å². The van der Waals surface area contributed by atoms with Gasteiger partial charge in [-0.1, -0.05) is 42.5 Å². The van der Waals surface area contributed by atoms with Gasteiger partial charge in [0.15, 0.2) is 0 Å². The second kappa shape index (κ2) is 9.22. The fraction of sp³-hybridized carbons (Fsp3) is 0.542. The molecule has 1 aliphatic carbocycles. The number of carbonyl (C=O) groups is 3. The SMILES string of the molecule is NC(=O)CN1C(=O)N(CCc2ccccc2)C2(CCN(C[C@@H]3CC=CCC3)CC2)C1=O. The molecular weight excluding hydrogens is 392 g/mol. The Labute approximate surface area is 183 Å². The summed E-state index contributed by atoms with van der Waals surface area (Å²) in [6.07, 6.45) is 9.87. The number of allylic oxidation sites excluding steroid dienone is 2. The van der Waals surface area contributed by atoms with Gasteiger partial charge < -0.3 is 15.5 Å². The van der Waals surface area contributed by atoms with Crippen LogP contribution in [0.5, 0.6) is 0 Å². The molecule has 4 rings (SSSR count). The summed E-state index contributed by atoms with van der Waals surface area (Å²) in [5.74, 6) is -0.255. The Morgan fingerprint density at radius 1 is 1.10 bits per heavy atom. The number of nitrogens with zero attached hydrogens (tertiary/aromatic N) is 3. The molecule has 2 saturated heterocycles. The number of urea groups is 1. The lowest BCUT2D eigenvalue weighted by atomic mass is 9.84. The molecule has 3 aliphatic rings. The minimum atomic E-state index is -0.857. The number of rotatable bonds is 7. The van der Waals surface area contributed by atoms with Gasteiger partial charge in [0.2, 0.25) is 5.91 Å². The van der Waals surface area contributed by atoms with E-state index in [1.807, 2.05) is 30.3 Å². The number of nitrogens with two attached hydrogens (primary N) is 1. The lowest BCUT2D eigenvalue weighted by Crippen LogP contribution is -2.57. The molecular formula is C24H32N4O3. The van der Waals surface area contributed by atoms with Gasteiger partial charge in [0.1, 0.15) is 12.1 Å². The van der Waals surface area contributed by atoms with Gasteiger partial charge in [-0.25, -0.2) is 4.79 Å². The zero-order valence-electron chi connectivity index (χ0n) is 18.0. The fourth-order valence-corrected chi connectivity index (χ4v) is 5.25. The van der Waals surface area contributed by atoms with Crippen LogP contribution in [-0.2, 0) is 16.0 Å².